The largest absolute Gasteiger partial charge is 0.350 e. The van der Waals surface area contributed by atoms with E-state index in [0.29, 0.717) is 45.4 Å². The van der Waals surface area contributed by atoms with Crippen LogP contribution in [0.5, 0.6) is 0 Å². The fraction of sp³-hybridized carbons (Fsp3) is 0.341. The summed E-state index contributed by atoms with van der Waals surface area (Å²) in [6.07, 6.45) is 3.45. The summed E-state index contributed by atoms with van der Waals surface area (Å²) >= 11 is 0. The molecule has 6 rings (SSSR count). The third-order valence-electron chi connectivity index (χ3n) is 10.3. The number of rotatable bonds is 13. The molecule has 7 nitrogen and oxygen atoms in total. The van der Waals surface area contributed by atoms with Crippen molar-refractivity contribution in [2.75, 3.05) is 19.6 Å². The minimum absolute atomic E-state index is 0.0328. The van der Waals surface area contributed by atoms with Crippen LogP contribution in [0.2, 0.25) is 0 Å². The van der Waals surface area contributed by atoms with Gasteiger partial charge in [-0.05, 0) is 60.9 Å². The van der Waals surface area contributed by atoms with Crippen molar-refractivity contribution in [2.45, 2.75) is 68.5 Å². The van der Waals surface area contributed by atoms with Gasteiger partial charge in [0, 0.05) is 37.9 Å². The molecule has 0 aliphatic carbocycles. The Hall–Kier alpha value is -4.75. The first-order chi connectivity index (χ1) is 23.5. The number of hydrogen-bond donors (Lipinski definition) is 2. The number of nitrogens with one attached hydrogen (secondary N) is 1. The number of carbonyl (C=O) groups is 3. The molecule has 2 saturated heterocycles. The molecule has 7 heteroatoms. The summed E-state index contributed by atoms with van der Waals surface area (Å²) in [6, 6.07) is 39.5. The van der Waals surface area contributed by atoms with E-state index >= 15 is 4.79 Å². The van der Waals surface area contributed by atoms with Gasteiger partial charge in [0.05, 0.1) is 0 Å². The van der Waals surface area contributed by atoms with E-state index in [2.05, 4.69) is 41.7 Å². The lowest BCUT2D eigenvalue weighted by molar-refractivity contribution is -0.150. The fourth-order valence-electron chi connectivity index (χ4n) is 7.88. The van der Waals surface area contributed by atoms with Crippen molar-refractivity contribution in [3.05, 3.63) is 144 Å². The van der Waals surface area contributed by atoms with Crippen molar-refractivity contribution in [3.8, 4) is 0 Å². The van der Waals surface area contributed by atoms with Gasteiger partial charge in [-0.3, -0.25) is 14.4 Å². The van der Waals surface area contributed by atoms with Crippen LogP contribution in [-0.4, -0.2) is 58.7 Å². The average molecular weight is 643 g/mol. The number of amides is 3. The van der Waals surface area contributed by atoms with Crippen molar-refractivity contribution in [1.82, 2.24) is 15.1 Å². The Morgan fingerprint density at radius 3 is 1.98 bits per heavy atom. The van der Waals surface area contributed by atoms with E-state index in [1.54, 1.807) is 4.90 Å². The highest BCUT2D eigenvalue weighted by atomic mass is 16.2. The lowest BCUT2D eigenvalue weighted by Gasteiger charge is -2.39. The first-order valence-corrected chi connectivity index (χ1v) is 17.3. The van der Waals surface area contributed by atoms with E-state index in [-0.39, 0.29) is 36.0 Å². The summed E-state index contributed by atoms with van der Waals surface area (Å²) in [5.74, 6) is -0.626. The van der Waals surface area contributed by atoms with Crippen LogP contribution in [0.1, 0.15) is 72.6 Å². The monoisotopic (exact) mass is 642 g/mol. The number of nitrogens with two attached hydrogens (primary N) is 1. The second-order valence-corrected chi connectivity index (χ2v) is 13.1. The highest BCUT2D eigenvalue weighted by Gasteiger charge is 2.61. The van der Waals surface area contributed by atoms with Crippen LogP contribution in [0, 0.1) is 0 Å². The van der Waals surface area contributed by atoms with Crippen LogP contribution in [0.15, 0.2) is 121 Å². The Bertz CT molecular complexity index is 1610. The van der Waals surface area contributed by atoms with Gasteiger partial charge in [0.25, 0.3) is 0 Å². The van der Waals surface area contributed by atoms with Crippen molar-refractivity contribution < 1.29 is 14.4 Å². The van der Waals surface area contributed by atoms with Crippen LogP contribution in [0.25, 0.3) is 0 Å². The van der Waals surface area contributed by atoms with Crippen molar-refractivity contribution in [1.29, 1.82) is 0 Å². The third-order valence-corrected chi connectivity index (χ3v) is 10.3. The molecule has 4 aromatic carbocycles. The number of hydrogen-bond acceptors (Lipinski definition) is 4. The van der Waals surface area contributed by atoms with Gasteiger partial charge in [-0.25, -0.2) is 0 Å². The van der Waals surface area contributed by atoms with Gasteiger partial charge in [-0.2, -0.15) is 0 Å². The molecule has 0 unspecified atom stereocenters. The van der Waals surface area contributed by atoms with Gasteiger partial charge in [-0.1, -0.05) is 121 Å². The lowest BCUT2D eigenvalue weighted by atomic mass is 9.78. The molecule has 3 amide bonds. The zero-order valence-corrected chi connectivity index (χ0v) is 27.5. The summed E-state index contributed by atoms with van der Waals surface area (Å²) in [5, 5.41) is 3.10. The molecule has 0 aromatic heterocycles. The maximum Gasteiger partial charge on any atom is 0.249 e. The predicted molar refractivity (Wildman–Crippen MR) is 189 cm³/mol. The van der Waals surface area contributed by atoms with Crippen molar-refractivity contribution >= 4 is 17.7 Å². The van der Waals surface area contributed by atoms with E-state index in [4.69, 9.17) is 5.73 Å². The SMILES string of the molecule is NCCCC[C@@H](C(=O)NCc1ccccc1)N1CC[C@]2(C1=O)[C@H](c1ccccc1)CCN2C(=O)CC(c1ccccc1)c1ccccc1. The molecule has 2 aliphatic rings. The lowest BCUT2D eigenvalue weighted by Crippen LogP contribution is -2.58. The van der Waals surface area contributed by atoms with Gasteiger partial charge >= 0.3 is 0 Å². The Morgan fingerprint density at radius 1 is 0.792 bits per heavy atom. The fourth-order valence-corrected chi connectivity index (χ4v) is 7.88. The summed E-state index contributed by atoms with van der Waals surface area (Å²) in [5.41, 5.74) is 8.97. The highest BCUT2D eigenvalue weighted by molar-refractivity contribution is 5.98. The summed E-state index contributed by atoms with van der Waals surface area (Å²) < 4.78 is 0. The van der Waals surface area contributed by atoms with Crippen LogP contribution in [0.3, 0.4) is 0 Å². The Kier molecular flexibility index (Phi) is 10.7. The van der Waals surface area contributed by atoms with Gasteiger partial charge in [0.2, 0.25) is 17.7 Å². The van der Waals surface area contributed by atoms with Crippen LogP contribution in [-0.2, 0) is 20.9 Å². The Morgan fingerprint density at radius 2 is 1.38 bits per heavy atom. The average Bonchev–Trinajstić information content (AvgIpc) is 3.69. The smallest absolute Gasteiger partial charge is 0.249 e. The molecule has 4 aromatic rings. The van der Waals surface area contributed by atoms with E-state index in [1.165, 1.54) is 0 Å². The molecular weight excluding hydrogens is 596 g/mol. The Balaban J connectivity index is 1.31. The number of benzene rings is 4. The first-order valence-electron chi connectivity index (χ1n) is 17.3. The molecule has 3 atom stereocenters. The molecule has 2 heterocycles. The van der Waals surface area contributed by atoms with Crippen LogP contribution < -0.4 is 11.1 Å². The molecule has 248 valence electrons. The zero-order chi connectivity index (χ0) is 33.3. The minimum atomic E-state index is -1.05. The van der Waals surface area contributed by atoms with E-state index in [1.807, 2.05) is 89.8 Å². The molecule has 0 bridgehead atoms. The van der Waals surface area contributed by atoms with E-state index in [9.17, 15) is 9.59 Å². The van der Waals surface area contributed by atoms with Crippen LogP contribution >= 0.6 is 0 Å². The maximum absolute atomic E-state index is 15.0. The second kappa shape index (κ2) is 15.4. The van der Waals surface area contributed by atoms with Crippen molar-refractivity contribution in [2.24, 2.45) is 5.73 Å². The molecule has 2 aliphatic heterocycles. The van der Waals surface area contributed by atoms with Gasteiger partial charge in [0.15, 0.2) is 0 Å². The summed E-state index contributed by atoms with van der Waals surface area (Å²) in [7, 11) is 0. The van der Waals surface area contributed by atoms with Gasteiger partial charge < -0.3 is 20.9 Å². The third kappa shape index (κ3) is 6.92. The van der Waals surface area contributed by atoms with E-state index in [0.717, 1.165) is 35.1 Å². The molecular formula is C41H46N4O3. The molecule has 0 radical (unpaired) electrons. The summed E-state index contributed by atoms with van der Waals surface area (Å²) in [6.45, 7) is 1.82. The van der Waals surface area contributed by atoms with Gasteiger partial charge in [0.1, 0.15) is 11.6 Å². The molecule has 48 heavy (non-hydrogen) atoms. The number of carbonyl (C=O) groups excluding carboxylic acids is 3. The highest BCUT2D eigenvalue weighted by Crippen LogP contribution is 2.50. The number of nitrogens with zero attached hydrogens (tertiary/aromatic N) is 2. The molecule has 0 saturated carbocycles. The van der Waals surface area contributed by atoms with Crippen molar-refractivity contribution in [3.63, 3.8) is 0 Å². The Labute approximate surface area is 284 Å². The summed E-state index contributed by atoms with van der Waals surface area (Å²) in [4.78, 5) is 47.2. The molecule has 1 spiro atoms. The quantitative estimate of drug-likeness (QED) is 0.175. The normalized spacial score (nSPS) is 19.6. The zero-order valence-electron chi connectivity index (χ0n) is 27.5. The predicted octanol–water partition coefficient (Wildman–Crippen LogP) is 6.01. The second-order valence-electron chi connectivity index (χ2n) is 13.1. The number of likely N-dealkylation sites (tertiary alicyclic amines) is 2. The topological polar surface area (TPSA) is 95.7 Å². The number of unbranched alkanes of at least 4 members (excludes halogenated alkanes) is 1. The minimum Gasteiger partial charge on any atom is -0.350 e. The molecule has 3 N–H and O–H groups in total. The van der Waals surface area contributed by atoms with E-state index < -0.39 is 11.6 Å². The van der Waals surface area contributed by atoms with Gasteiger partial charge in [-0.15, -0.1) is 0 Å². The first kappa shape index (κ1) is 33.2. The van der Waals surface area contributed by atoms with Crippen LogP contribution in [0.4, 0.5) is 0 Å². The standard InChI is InChI=1S/C41H46N4O3/c42-26-14-13-23-37(39(47)43-30-31-15-5-1-6-16-31)44-28-25-41(40(44)48)36(34-21-11-4-12-22-34)24-27-45(41)38(46)29-35(32-17-7-2-8-18-32)33-19-9-3-10-20-33/h1-12,15-22,35-37H,13-14,23-30,42H2,(H,43,47)/t36-,37-,41+/m0/s1. The molecule has 2 fully saturated rings. The maximum atomic E-state index is 15.0.